The van der Waals surface area contributed by atoms with Crippen molar-refractivity contribution in [3.63, 3.8) is 0 Å². The average molecular weight is 391 g/mol. The smallest absolute Gasteiger partial charge is 0.269 e. The van der Waals surface area contributed by atoms with Crippen molar-refractivity contribution >= 4 is 17.5 Å². The molecule has 0 spiro atoms. The predicted octanol–water partition coefficient (Wildman–Crippen LogP) is 1.14. The lowest BCUT2D eigenvalue weighted by Crippen LogP contribution is -2.45. The Balaban J connectivity index is 1.87. The zero-order chi connectivity index (χ0) is 19.4. The standard InChI is InChI=1S/C18H23ClN6O2/c1-20-18(26)15-6-13(22-10-23-15)14-4-11(5-17(19)24-14)16-8-21-7-12(27-16)9-25(2)3/h4-6,10,12,16,21H,7-9H2,1-3H3,(H,20,26). The quantitative estimate of drug-likeness (QED) is 0.739. The topological polar surface area (TPSA) is 92.3 Å². The number of hydrogen-bond donors (Lipinski definition) is 2. The summed E-state index contributed by atoms with van der Waals surface area (Å²) in [5, 5.41) is 6.30. The van der Waals surface area contributed by atoms with Gasteiger partial charge >= 0.3 is 0 Å². The fourth-order valence-electron chi connectivity index (χ4n) is 3.00. The Kier molecular flexibility index (Phi) is 6.33. The maximum atomic E-state index is 11.8. The van der Waals surface area contributed by atoms with Crippen molar-refractivity contribution in [1.82, 2.24) is 30.5 Å². The molecule has 2 unspecified atom stereocenters. The molecule has 0 saturated carbocycles. The first-order chi connectivity index (χ1) is 13.0. The third-order valence-corrected chi connectivity index (χ3v) is 4.40. The molecule has 0 radical (unpaired) electrons. The molecular formula is C18H23ClN6O2. The third-order valence-electron chi connectivity index (χ3n) is 4.20. The van der Waals surface area contributed by atoms with Crippen LogP contribution in [0.4, 0.5) is 0 Å². The highest BCUT2D eigenvalue weighted by atomic mass is 35.5. The van der Waals surface area contributed by atoms with E-state index < -0.39 is 0 Å². The van der Waals surface area contributed by atoms with E-state index in [0.717, 1.165) is 18.7 Å². The summed E-state index contributed by atoms with van der Waals surface area (Å²) in [7, 11) is 5.60. The summed E-state index contributed by atoms with van der Waals surface area (Å²) >= 11 is 6.25. The first-order valence-corrected chi connectivity index (χ1v) is 9.07. The number of ether oxygens (including phenoxy) is 1. The second-order valence-electron chi connectivity index (χ2n) is 6.64. The molecule has 1 fully saturated rings. The summed E-state index contributed by atoms with van der Waals surface area (Å²) in [5.41, 5.74) is 2.29. The van der Waals surface area contributed by atoms with E-state index in [1.54, 1.807) is 19.2 Å². The third kappa shape index (κ3) is 4.98. The van der Waals surface area contributed by atoms with Gasteiger partial charge in [0.15, 0.2) is 0 Å². The van der Waals surface area contributed by atoms with E-state index in [9.17, 15) is 4.79 Å². The Bertz CT molecular complexity index is 816. The van der Waals surface area contributed by atoms with Crippen molar-refractivity contribution in [1.29, 1.82) is 0 Å². The number of halogens is 1. The van der Waals surface area contributed by atoms with E-state index in [2.05, 4.69) is 30.5 Å². The van der Waals surface area contributed by atoms with Crippen LogP contribution in [-0.4, -0.2) is 72.6 Å². The number of amides is 1. The van der Waals surface area contributed by atoms with Crippen LogP contribution in [0.2, 0.25) is 5.15 Å². The van der Waals surface area contributed by atoms with Crippen LogP contribution in [0.25, 0.3) is 11.4 Å². The van der Waals surface area contributed by atoms with Crippen LogP contribution in [0.1, 0.15) is 22.2 Å². The molecule has 27 heavy (non-hydrogen) atoms. The lowest BCUT2D eigenvalue weighted by molar-refractivity contribution is -0.0479. The van der Waals surface area contributed by atoms with E-state index in [0.29, 0.717) is 23.1 Å². The minimum absolute atomic E-state index is 0.0908. The first kappa shape index (κ1) is 19.6. The Morgan fingerprint density at radius 2 is 2.11 bits per heavy atom. The van der Waals surface area contributed by atoms with Gasteiger partial charge in [-0.3, -0.25) is 4.79 Å². The SMILES string of the molecule is CNC(=O)c1cc(-c2cc(C3CNCC(CN(C)C)O3)cc(Cl)n2)ncn1. The van der Waals surface area contributed by atoms with Gasteiger partial charge in [0.2, 0.25) is 0 Å². The fourth-order valence-corrected chi connectivity index (χ4v) is 3.22. The summed E-state index contributed by atoms with van der Waals surface area (Å²) in [4.78, 5) is 26.5. The van der Waals surface area contributed by atoms with Crippen LogP contribution in [0.3, 0.4) is 0 Å². The van der Waals surface area contributed by atoms with E-state index in [1.807, 2.05) is 20.2 Å². The molecule has 2 N–H and O–H groups in total. The lowest BCUT2D eigenvalue weighted by atomic mass is 10.1. The van der Waals surface area contributed by atoms with Gasteiger partial charge in [0.05, 0.1) is 23.6 Å². The highest BCUT2D eigenvalue weighted by Crippen LogP contribution is 2.27. The summed E-state index contributed by atoms with van der Waals surface area (Å²) in [6.07, 6.45) is 1.30. The summed E-state index contributed by atoms with van der Waals surface area (Å²) in [6.45, 7) is 2.33. The molecule has 8 nitrogen and oxygen atoms in total. The summed E-state index contributed by atoms with van der Waals surface area (Å²) in [5.74, 6) is -0.285. The Labute approximate surface area is 163 Å². The van der Waals surface area contributed by atoms with Crippen molar-refractivity contribution in [3.8, 4) is 11.4 Å². The van der Waals surface area contributed by atoms with Crippen LogP contribution >= 0.6 is 11.6 Å². The van der Waals surface area contributed by atoms with Gasteiger partial charge in [0.1, 0.15) is 17.2 Å². The number of hydrogen-bond acceptors (Lipinski definition) is 7. The molecule has 3 heterocycles. The van der Waals surface area contributed by atoms with Gasteiger partial charge in [-0.25, -0.2) is 15.0 Å². The van der Waals surface area contributed by atoms with Gasteiger partial charge in [-0.1, -0.05) is 11.6 Å². The highest BCUT2D eigenvalue weighted by molar-refractivity contribution is 6.29. The van der Waals surface area contributed by atoms with Gasteiger partial charge < -0.3 is 20.3 Å². The number of carbonyl (C=O) groups excluding carboxylic acids is 1. The van der Waals surface area contributed by atoms with E-state index in [4.69, 9.17) is 16.3 Å². The maximum absolute atomic E-state index is 11.8. The van der Waals surface area contributed by atoms with Gasteiger partial charge in [-0.2, -0.15) is 0 Å². The largest absolute Gasteiger partial charge is 0.366 e. The molecule has 2 aromatic heterocycles. The summed E-state index contributed by atoms with van der Waals surface area (Å²) < 4.78 is 6.22. The highest BCUT2D eigenvalue weighted by Gasteiger charge is 2.25. The molecule has 1 amide bonds. The van der Waals surface area contributed by atoms with Gasteiger partial charge in [0.25, 0.3) is 5.91 Å². The molecule has 144 valence electrons. The fraction of sp³-hybridized carbons (Fsp3) is 0.444. The van der Waals surface area contributed by atoms with Crippen molar-refractivity contribution < 1.29 is 9.53 Å². The molecule has 2 aromatic rings. The molecule has 0 bridgehead atoms. The Hall–Kier alpha value is -2.13. The van der Waals surface area contributed by atoms with Crippen LogP contribution < -0.4 is 10.6 Å². The van der Waals surface area contributed by atoms with Crippen LogP contribution in [0.15, 0.2) is 24.5 Å². The Morgan fingerprint density at radius 3 is 2.85 bits per heavy atom. The second kappa shape index (κ2) is 8.71. The zero-order valence-corrected chi connectivity index (χ0v) is 16.3. The molecule has 1 aliphatic heterocycles. The number of aromatic nitrogens is 3. The van der Waals surface area contributed by atoms with Crippen molar-refractivity contribution in [2.45, 2.75) is 12.2 Å². The number of rotatable bonds is 5. The van der Waals surface area contributed by atoms with E-state index in [-0.39, 0.29) is 23.8 Å². The summed E-state index contributed by atoms with van der Waals surface area (Å²) in [6, 6.07) is 5.29. The van der Waals surface area contributed by atoms with Crippen LogP contribution in [0.5, 0.6) is 0 Å². The molecule has 2 atom stereocenters. The van der Waals surface area contributed by atoms with Crippen LogP contribution in [0, 0.1) is 0 Å². The number of nitrogens with one attached hydrogen (secondary N) is 2. The van der Waals surface area contributed by atoms with E-state index >= 15 is 0 Å². The van der Waals surface area contributed by atoms with Gasteiger partial charge in [0, 0.05) is 26.7 Å². The zero-order valence-electron chi connectivity index (χ0n) is 15.6. The lowest BCUT2D eigenvalue weighted by Gasteiger charge is -2.32. The van der Waals surface area contributed by atoms with Gasteiger partial charge in [-0.15, -0.1) is 0 Å². The number of nitrogens with zero attached hydrogens (tertiary/aromatic N) is 4. The minimum atomic E-state index is -0.285. The van der Waals surface area contributed by atoms with Crippen molar-refractivity contribution in [2.24, 2.45) is 0 Å². The molecule has 1 aliphatic rings. The molecule has 1 saturated heterocycles. The predicted molar refractivity (Wildman–Crippen MR) is 103 cm³/mol. The van der Waals surface area contributed by atoms with Crippen molar-refractivity contribution in [3.05, 3.63) is 40.9 Å². The Morgan fingerprint density at radius 1 is 1.30 bits per heavy atom. The molecule has 0 aliphatic carbocycles. The number of likely N-dealkylation sites (N-methyl/N-ethyl adjacent to an activating group) is 1. The van der Waals surface area contributed by atoms with E-state index in [1.165, 1.54) is 6.33 Å². The average Bonchev–Trinajstić information content (AvgIpc) is 2.66. The maximum Gasteiger partial charge on any atom is 0.269 e. The molecule has 9 heteroatoms. The van der Waals surface area contributed by atoms with Crippen LogP contribution in [-0.2, 0) is 4.74 Å². The molecular weight excluding hydrogens is 368 g/mol. The first-order valence-electron chi connectivity index (χ1n) is 8.69. The monoisotopic (exact) mass is 390 g/mol. The number of morpholine rings is 1. The second-order valence-corrected chi connectivity index (χ2v) is 7.03. The van der Waals surface area contributed by atoms with Gasteiger partial charge in [-0.05, 0) is 37.9 Å². The minimum Gasteiger partial charge on any atom is -0.366 e. The molecule has 3 rings (SSSR count). The number of pyridine rings is 1. The number of carbonyl (C=O) groups is 1. The molecule has 0 aromatic carbocycles. The van der Waals surface area contributed by atoms with Crippen molar-refractivity contribution in [2.75, 3.05) is 40.8 Å². The normalized spacial score (nSPS) is 19.9.